The minimum absolute atomic E-state index is 0.148. The van der Waals surface area contributed by atoms with Crippen LogP contribution < -0.4 is 19.5 Å². The fourth-order valence-electron chi connectivity index (χ4n) is 4.04. The Morgan fingerprint density at radius 2 is 1.74 bits per heavy atom. The van der Waals surface area contributed by atoms with Crippen molar-refractivity contribution in [3.63, 3.8) is 0 Å². The lowest BCUT2D eigenvalue weighted by Crippen LogP contribution is -2.15. The van der Waals surface area contributed by atoms with E-state index in [1.165, 1.54) is 27.4 Å². The van der Waals surface area contributed by atoms with Crippen LogP contribution in [0.4, 0.5) is 5.82 Å². The third-order valence-corrected chi connectivity index (χ3v) is 7.39. The van der Waals surface area contributed by atoms with E-state index in [4.69, 9.17) is 14.2 Å². The predicted octanol–water partition coefficient (Wildman–Crippen LogP) is 3.60. The number of nitrogens with zero attached hydrogens (tertiary/aromatic N) is 2. The number of hydrogen-bond acceptors (Lipinski definition) is 7. The lowest BCUT2D eigenvalue weighted by molar-refractivity contribution is -0.111. The Balaban J connectivity index is 1.68. The maximum Gasteiger partial charge on any atom is 0.249 e. The Bertz CT molecular complexity index is 1410. The second kappa shape index (κ2) is 9.46. The first-order chi connectivity index (χ1) is 16.7. The predicted molar refractivity (Wildman–Crippen MR) is 133 cm³/mol. The zero-order chi connectivity index (χ0) is 25.3. The van der Waals surface area contributed by atoms with Crippen LogP contribution in [-0.4, -0.2) is 45.4 Å². The van der Waals surface area contributed by atoms with Crippen LogP contribution in [0.25, 0.3) is 11.8 Å². The molecular weight excluding hydrogens is 470 g/mol. The molecule has 1 aliphatic rings. The number of aromatic nitrogens is 2. The number of aryl methyl sites for hydroxylation is 1. The van der Waals surface area contributed by atoms with Gasteiger partial charge < -0.3 is 19.5 Å². The summed E-state index contributed by atoms with van der Waals surface area (Å²) in [5.74, 6) is 0.979. The number of fused-ring (bicyclic) bond motifs is 1. The number of methoxy groups -OCH3 is 3. The molecule has 4 rings (SSSR count). The van der Waals surface area contributed by atoms with E-state index in [0.717, 1.165) is 16.8 Å². The van der Waals surface area contributed by atoms with Crippen LogP contribution in [0.15, 0.2) is 36.4 Å². The molecule has 0 unspecified atom stereocenters. The molecule has 1 N–H and O–H groups in total. The summed E-state index contributed by atoms with van der Waals surface area (Å²) in [6, 6.07) is 9.21. The van der Waals surface area contributed by atoms with Crippen molar-refractivity contribution in [1.82, 2.24) is 9.78 Å². The Kier molecular flexibility index (Phi) is 6.58. The molecule has 10 heteroatoms. The van der Waals surface area contributed by atoms with Crippen LogP contribution in [0, 0.1) is 13.8 Å². The summed E-state index contributed by atoms with van der Waals surface area (Å²) in [6.07, 6.45) is 2.96. The normalized spacial score (nSPS) is 14.1. The number of rotatable bonds is 7. The third kappa shape index (κ3) is 4.74. The van der Waals surface area contributed by atoms with Gasteiger partial charge in [-0.2, -0.15) is 5.10 Å². The standard InChI is InChI=1S/C25H27N3O6S/c1-15-7-6-8-20(16(15)2)28-25(18-13-35(30,31)14-19(18)27-28)26-23(29)10-9-17-11-21(32-3)24(34-5)22(12-17)33-4/h6-12H,13-14H2,1-5H3,(H,26,29)/b10-9-. The first-order valence-corrected chi connectivity index (χ1v) is 12.7. The van der Waals surface area contributed by atoms with E-state index in [0.29, 0.717) is 39.9 Å². The second-order valence-electron chi connectivity index (χ2n) is 8.22. The fraction of sp³-hybridized carbons (Fsp3) is 0.280. The van der Waals surface area contributed by atoms with Crippen molar-refractivity contribution in [1.29, 1.82) is 0 Å². The highest BCUT2D eigenvalue weighted by atomic mass is 32.2. The van der Waals surface area contributed by atoms with E-state index in [-0.39, 0.29) is 11.5 Å². The molecule has 0 bridgehead atoms. The van der Waals surface area contributed by atoms with Gasteiger partial charge in [0.25, 0.3) is 0 Å². The molecule has 2 aromatic carbocycles. The summed E-state index contributed by atoms with van der Waals surface area (Å²) in [6.45, 7) is 3.95. The third-order valence-electron chi connectivity index (χ3n) is 5.95. The summed E-state index contributed by atoms with van der Waals surface area (Å²) in [4.78, 5) is 12.9. The number of amides is 1. The number of ether oxygens (including phenoxy) is 3. The SMILES string of the molecule is COc1cc(/C=C\C(=O)Nc2c3c(nn2-c2cccc(C)c2C)CS(=O)(=O)C3)cc(OC)c1OC. The fourth-order valence-corrected chi connectivity index (χ4v) is 5.53. The average Bonchev–Trinajstić information content (AvgIpc) is 3.30. The minimum Gasteiger partial charge on any atom is -0.493 e. The van der Waals surface area contributed by atoms with Gasteiger partial charge in [-0.1, -0.05) is 12.1 Å². The van der Waals surface area contributed by atoms with E-state index < -0.39 is 15.7 Å². The largest absolute Gasteiger partial charge is 0.493 e. The Morgan fingerprint density at radius 3 is 2.37 bits per heavy atom. The smallest absolute Gasteiger partial charge is 0.249 e. The van der Waals surface area contributed by atoms with Crippen LogP contribution in [-0.2, 0) is 26.1 Å². The molecule has 0 saturated heterocycles. The molecule has 0 saturated carbocycles. The number of carbonyl (C=O) groups excluding carboxylic acids is 1. The average molecular weight is 498 g/mol. The van der Waals surface area contributed by atoms with Gasteiger partial charge in [0.1, 0.15) is 5.82 Å². The van der Waals surface area contributed by atoms with Crippen LogP contribution in [0.1, 0.15) is 27.9 Å². The van der Waals surface area contributed by atoms with Crippen molar-refractivity contribution in [3.05, 3.63) is 64.4 Å². The van der Waals surface area contributed by atoms with Crippen molar-refractivity contribution >= 4 is 27.6 Å². The minimum atomic E-state index is -3.30. The summed E-state index contributed by atoms with van der Waals surface area (Å²) >= 11 is 0. The van der Waals surface area contributed by atoms with Crippen LogP contribution in [0.5, 0.6) is 17.2 Å². The molecule has 9 nitrogen and oxygen atoms in total. The van der Waals surface area contributed by atoms with Crippen molar-refractivity contribution in [2.45, 2.75) is 25.4 Å². The van der Waals surface area contributed by atoms with Crippen molar-refractivity contribution in [2.75, 3.05) is 26.6 Å². The van der Waals surface area contributed by atoms with Gasteiger partial charge in [0.05, 0.1) is 44.2 Å². The Hall–Kier alpha value is -3.79. The van der Waals surface area contributed by atoms with E-state index in [1.54, 1.807) is 22.9 Å². The van der Waals surface area contributed by atoms with Crippen LogP contribution >= 0.6 is 0 Å². The van der Waals surface area contributed by atoms with Crippen molar-refractivity contribution in [3.8, 4) is 22.9 Å². The van der Waals surface area contributed by atoms with E-state index in [1.807, 2.05) is 32.0 Å². The Morgan fingerprint density at radius 1 is 1.06 bits per heavy atom. The molecular formula is C25H27N3O6S. The van der Waals surface area contributed by atoms with Gasteiger partial charge in [-0.3, -0.25) is 4.79 Å². The molecule has 0 fully saturated rings. The molecule has 2 heterocycles. The zero-order valence-electron chi connectivity index (χ0n) is 20.2. The number of nitrogens with one attached hydrogen (secondary N) is 1. The van der Waals surface area contributed by atoms with Gasteiger partial charge in [-0.15, -0.1) is 0 Å². The van der Waals surface area contributed by atoms with Gasteiger partial charge >= 0.3 is 0 Å². The highest BCUT2D eigenvalue weighted by molar-refractivity contribution is 7.90. The molecule has 1 aliphatic heterocycles. The molecule has 1 aromatic heterocycles. The summed E-state index contributed by atoms with van der Waals surface area (Å²) in [7, 11) is 1.24. The topological polar surface area (TPSA) is 109 Å². The number of sulfone groups is 1. The quantitative estimate of drug-likeness (QED) is 0.497. The second-order valence-corrected chi connectivity index (χ2v) is 10.3. The van der Waals surface area contributed by atoms with Crippen molar-refractivity contribution < 1.29 is 27.4 Å². The number of carbonyl (C=O) groups is 1. The molecule has 0 spiro atoms. The molecule has 0 aliphatic carbocycles. The summed E-state index contributed by atoms with van der Waals surface area (Å²) in [5, 5.41) is 7.39. The monoisotopic (exact) mass is 497 g/mol. The van der Waals surface area contributed by atoms with Crippen LogP contribution in [0.3, 0.4) is 0 Å². The molecule has 1 amide bonds. The molecule has 0 atom stereocenters. The summed E-state index contributed by atoms with van der Waals surface area (Å²) in [5.41, 5.74) is 4.45. The zero-order valence-corrected chi connectivity index (χ0v) is 21.0. The van der Waals surface area contributed by atoms with Gasteiger partial charge in [0, 0.05) is 11.6 Å². The van der Waals surface area contributed by atoms with Crippen LogP contribution in [0.2, 0.25) is 0 Å². The Labute approximate surface area is 204 Å². The molecule has 184 valence electrons. The lowest BCUT2D eigenvalue weighted by Gasteiger charge is -2.14. The van der Waals surface area contributed by atoms with Gasteiger partial charge in [-0.05, 0) is 54.8 Å². The molecule has 0 radical (unpaired) electrons. The molecule has 3 aromatic rings. The van der Waals surface area contributed by atoms with Crippen molar-refractivity contribution in [2.24, 2.45) is 0 Å². The highest BCUT2D eigenvalue weighted by Crippen LogP contribution is 2.38. The highest BCUT2D eigenvalue weighted by Gasteiger charge is 2.33. The summed E-state index contributed by atoms with van der Waals surface area (Å²) < 4.78 is 42.1. The molecule has 35 heavy (non-hydrogen) atoms. The van der Waals surface area contributed by atoms with Gasteiger partial charge in [0.2, 0.25) is 11.7 Å². The van der Waals surface area contributed by atoms with Gasteiger partial charge in [0.15, 0.2) is 21.3 Å². The van der Waals surface area contributed by atoms with E-state index in [2.05, 4.69) is 10.4 Å². The number of anilines is 1. The maximum absolute atomic E-state index is 12.9. The number of hydrogen-bond donors (Lipinski definition) is 1. The van der Waals surface area contributed by atoms with Gasteiger partial charge in [-0.25, -0.2) is 13.1 Å². The van der Waals surface area contributed by atoms with E-state index in [9.17, 15) is 13.2 Å². The number of benzene rings is 2. The van der Waals surface area contributed by atoms with E-state index >= 15 is 0 Å². The maximum atomic E-state index is 12.9. The first-order valence-electron chi connectivity index (χ1n) is 10.8. The first kappa shape index (κ1) is 24.3. The lowest BCUT2D eigenvalue weighted by atomic mass is 10.1.